The quantitative estimate of drug-likeness (QED) is 0.397. The first kappa shape index (κ1) is 7.53. The summed E-state index contributed by atoms with van der Waals surface area (Å²) in [6.07, 6.45) is 0. The molecule has 2 N–H and O–H groups in total. The van der Waals surface area contributed by atoms with Crippen LogP contribution in [0.15, 0.2) is 34.7 Å². The van der Waals surface area contributed by atoms with Gasteiger partial charge >= 0.3 is 0 Å². The van der Waals surface area contributed by atoms with Crippen molar-refractivity contribution >= 4 is 5.69 Å². The van der Waals surface area contributed by atoms with Crippen LogP contribution in [0.1, 0.15) is 0 Å². The van der Waals surface area contributed by atoms with E-state index in [-0.39, 0.29) is 0 Å². The van der Waals surface area contributed by atoms with E-state index >= 15 is 0 Å². The molecule has 0 spiro atoms. The Hall–Kier alpha value is -1.58. The summed E-state index contributed by atoms with van der Waals surface area (Å²) < 4.78 is 0. The number of hydrogen-bond acceptors (Lipinski definition) is 4. The van der Waals surface area contributed by atoms with Crippen molar-refractivity contribution < 1.29 is 4.84 Å². The van der Waals surface area contributed by atoms with E-state index in [9.17, 15) is 0 Å². The minimum Gasteiger partial charge on any atom is -0.399 e. The molecule has 0 atom stereocenters. The number of nitrogens with zero attached hydrogens (tertiary/aromatic N) is 2. The highest BCUT2D eigenvalue weighted by atomic mass is 16.6. The fourth-order valence-corrected chi connectivity index (χ4v) is 0.617. The van der Waals surface area contributed by atoms with Crippen molar-refractivity contribution in [1.82, 2.24) is 0 Å². The van der Waals surface area contributed by atoms with Crippen molar-refractivity contribution in [2.24, 2.45) is 10.4 Å². The summed E-state index contributed by atoms with van der Waals surface area (Å²) in [4.78, 5) is 4.81. The smallest absolute Gasteiger partial charge is 0.160 e. The lowest BCUT2D eigenvalue weighted by atomic mass is 10.3. The number of nitrogens with two attached hydrogens (primary N) is 1. The summed E-state index contributed by atoms with van der Waals surface area (Å²) >= 11 is 0. The van der Waals surface area contributed by atoms with Crippen LogP contribution in [0, 0.1) is 0 Å². The summed E-state index contributed by atoms with van der Waals surface area (Å²) in [5, 5.41) is 6.78. The fourth-order valence-electron chi connectivity index (χ4n) is 0.617. The van der Waals surface area contributed by atoms with Crippen LogP contribution in [0.3, 0.4) is 0 Å². The van der Waals surface area contributed by atoms with Crippen LogP contribution < -0.4 is 10.6 Å². The minimum atomic E-state index is 0.629. The lowest BCUT2D eigenvalue weighted by Crippen LogP contribution is -1.84. The monoisotopic (exact) mass is 151 g/mol. The van der Waals surface area contributed by atoms with Crippen molar-refractivity contribution in [1.29, 1.82) is 0 Å². The van der Waals surface area contributed by atoms with E-state index in [0.29, 0.717) is 11.4 Å². The second-order valence-corrected chi connectivity index (χ2v) is 1.94. The zero-order valence-corrected chi connectivity index (χ0v) is 6.19. The lowest BCUT2D eigenvalue weighted by molar-refractivity contribution is 0.309. The molecule has 0 amide bonds. The lowest BCUT2D eigenvalue weighted by Gasteiger charge is -1.95. The second kappa shape index (κ2) is 3.55. The maximum atomic E-state index is 5.45. The molecule has 58 valence electrons. The first-order valence-corrected chi connectivity index (χ1v) is 3.14. The van der Waals surface area contributed by atoms with E-state index in [1.165, 1.54) is 7.05 Å². The molecular formula is C7H9N3O. The van der Waals surface area contributed by atoms with Gasteiger partial charge in [0.25, 0.3) is 0 Å². The Morgan fingerprint density at radius 2 is 1.91 bits per heavy atom. The molecule has 0 radical (unpaired) electrons. The first-order chi connectivity index (χ1) is 5.33. The molecule has 1 rings (SSSR count). The zero-order valence-electron chi connectivity index (χ0n) is 6.19. The van der Waals surface area contributed by atoms with Crippen LogP contribution in [-0.4, -0.2) is 7.05 Å². The summed E-state index contributed by atoms with van der Waals surface area (Å²) in [5.41, 5.74) is 6.15. The molecule has 1 aromatic carbocycles. The molecule has 4 heteroatoms. The van der Waals surface area contributed by atoms with Gasteiger partial charge in [-0.1, -0.05) is 0 Å². The third kappa shape index (κ3) is 2.25. The number of benzene rings is 1. The average Bonchev–Trinajstić information content (AvgIpc) is 2.04. The standard InChI is InChI=1S/C7H9N3O/c1-9-10-11-7-4-2-6(8)3-5-7/h2-5H,8H2,1H3. The molecule has 11 heavy (non-hydrogen) atoms. The van der Waals surface area contributed by atoms with Gasteiger partial charge in [-0.2, -0.15) is 5.11 Å². The van der Waals surface area contributed by atoms with Crippen molar-refractivity contribution in [3.05, 3.63) is 24.3 Å². The van der Waals surface area contributed by atoms with E-state index in [1.807, 2.05) is 0 Å². The number of anilines is 1. The van der Waals surface area contributed by atoms with Gasteiger partial charge in [0.1, 0.15) is 0 Å². The van der Waals surface area contributed by atoms with Crippen molar-refractivity contribution in [2.45, 2.75) is 0 Å². The number of nitrogen functional groups attached to an aromatic ring is 1. The summed E-state index contributed by atoms with van der Waals surface area (Å²) in [7, 11) is 1.54. The van der Waals surface area contributed by atoms with Crippen LogP contribution in [-0.2, 0) is 0 Å². The Balaban J connectivity index is 2.66. The van der Waals surface area contributed by atoms with Crippen molar-refractivity contribution in [3.8, 4) is 5.75 Å². The Bertz CT molecular complexity index is 242. The second-order valence-electron chi connectivity index (χ2n) is 1.94. The largest absolute Gasteiger partial charge is 0.399 e. The van der Waals surface area contributed by atoms with Crippen LogP contribution in [0.5, 0.6) is 5.75 Å². The highest BCUT2D eigenvalue weighted by Gasteiger charge is 1.89. The van der Waals surface area contributed by atoms with Gasteiger partial charge in [-0.15, -0.1) is 0 Å². The van der Waals surface area contributed by atoms with Crippen molar-refractivity contribution in [2.75, 3.05) is 12.8 Å². The predicted octanol–water partition coefficient (Wildman–Crippen LogP) is 1.64. The molecular weight excluding hydrogens is 142 g/mol. The Labute approximate surface area is 64.7 Å². The number of hydrogen-bond donors (Lipinski definition) is 1. The highest BCUT2D eigenvalue weighted by Crippen LogP contribution is 2.12. The van der Waals surface area contributed by atoms with E-state index in [4.69, 9.17) is 10.6 Å². The SMILES string of the molecule is CN=NOc1ccc(N)cc1. The molecule has 1 aromatic rings. The summed E-state index contributed by atoms with van der Waals surface area (Å²) in [6.45, 7) is 0. The van der Waals surface area contributed by atoms with Gasteiger partial charge in [-0.05, 0) is 24.3 Å². The third-order valence-electron chi connectivity index (χ3n) is 1.11. The molecule has 0 bridgehead atoms. The molecule has 0 fully saturated rings. The van der Waals surface area contributed by atoms with Crippen molar-refractivity contribution in [3.63, 3.8) is 0 Å². The molecule has 0 saturated carbocycles. The molecule has 0 aliphatic heterocycles. The summed E-state index contributed by atoms with van der Waals surface area (Å²) in [5.74, 6) is 0.629. The van der Waals surface area contributed by atoms with Crippen LogP contribution >= 0.6 is 0 Å². The molecule has 0 heterocycles. The predicted molar refractivity (Wildman–Crippen MR) is 42.3 cm³/mol. The number of rotatable bonds is 2. The molecule has 0 aliphatic rings. The van der Waals surface area contributed by atoms with Gasteiger partial charge in [0.15, 0.2) is 5.75 Å². The topological polar surface area (TPSA) is 60.0 Å². The van der Waals surface area contributed by atoms with Gasteiger partial charge in [-0.3, -0.25) is 0 Å². The van der Waals surface area contributed by atoms with E-state index < -0.39 is 0 Å². The van der Waals surface area contributed by atoms with Gasteiger partial charge in [0.2, 0.25) is 0 Å². The Kier molecular flexibility index (Phi) is 2.43. The van der Waals surface area contributed by atoms with Crippen LogP contribution in [0.2, 0.25) is 0 Å². The van der Waals surface area contributed by atoms with E-state index in [2.05, 4.69) is 10.4 Å². The van der Waals surface area contributed by atoms with Crippen LogP contribution in [0.25, 0.3) is 0 Å². The van der Waals surface area contributed by atoms with Crippen LogP contribution in [0.4, 0.5) is 5.69 Å². The molecule has 0 unspecified atom stereocenters. The molecule has 4 nitrogen and oxygen atoms in total. The van der Waals surface area contributed by atoms with Gasteiger partial charge in [-0.25, -0.2) is 0 Å². The van der Waals surface area contributed by atoms with Gasteiger partial charge < -0.3 is 10.6 Å². The summed E-state index contributed by atoms with van der Waals surface area (Å²) in [6, 6.07) is 6.93. The van der Waals surface area contributed by atoms with Gasteiger partial charge in [0, 0.05) is 11.0 Å². The zero-order chi connectivity index (χ0) is 8.10. The average molecular weight is 151 g/mol. The Morgan fingerprint density at radius 1 is 1.27 bits per heavy atom. The maximum Gasteiger partial charge on any atom is 0.160 e. The first-order valence-electron chi connectivity index (χ1n) is 3.14. The minimum absolute atomic E-state index is 0.629. The van der Waals surface area contributed by atoms with E-state index in [0.717, 1.165) is 0 Å². The Morgan fingerprint density at radius 3 is 2.45 bits per heavy atom. The van der Waals surface area contributed by atoms with E-state index in [1.54, 1.807) is 24.3 Å². The molecule has 0 aliphatic carbocycles. The molecule has 0 aromatic heterocycles. The third-order valence-corrected chi connectivity index (χ3v) is 1.11. The maximum absolute atomic E-state index is 5.45. The fraction of sp³-hybridized carbons (Fsp3) is 0.143. The molecule has 0 saturated heterocycles. The van der Waals surface area contributed by atoms with Gasteiger partial charge in [0.05, 0.1) is 7.05 Å². The highest BCUT2D eigenvalue weighted by molar-refractivity contribution is 5.41. The normalized spacial score (nSPS) is 10.3.